The van der Waals surface area contributed by atoms with Crippen LogP contribution in [0.25, 0.3) is 5.69 Å². The molecule has 3 rings (SSSR count). The number of hydrogen-bond donors (Lipinski definition) is 2. The molecule has 1 atom stereocenters. The molecule has 1 unspecified atom stereocenters. The lowest BCUT2D eigenvalue weighted by molar-refractivity contribution is 0.0535. The number of para-hydroxylation sites is 1. The van der Waals surface area contributed by atoms with Crippen LogP contribution in [0.3, 0.4) is 0 Å². The Bertz CT molecular complexity index is 678. The minimum Gasteiger partial charge on any atom is -0.396 e. The van der Waals surface area contributed by atoms with Gasteiger partial charge in [-0.2, -0.15) is 5.10 Å². The number of benzene rings is 1. The van der Waals surface area contributed by atoms with Gasteiger partial charge in [0.2, 0.25) is 0 Å². The molecule has 0 radical (unpaired) electrons. The van der Waals surface area contributed by atoms with Crippen LogP contribution < -0.4 is 5.32 Å². The van der Waals surface area contributed by atoms with E-state index in [1.54, 1.807) is 4.68 Å². The summed E-state index contributed by atoms with van der Waals surface area (Å²) in [5.74, 6) is 0.211. The highest BCUT2D eigenvalue weighted by Crippen LogP contribution is 2.16. The molecular formula is C19H25N3O3. The van der Waals surface area contributed by atoms with Gasteiger partial charge in [0, 0.05) is 31.5 Å². The third kappa shape index (κ3) is 4.67. The molecule has 0 saturated carbocycles. The van der Waals surface area contributed by atoms with Gasteiger partial charge in [-0.05, 0) is 43.7 Å². The van der Waals surface area contributed by atoms with Crippen molar-refractivity contribution in [1.29, 1.82) is 0 Å². The topological polar surface area (TPSA) is 76.4 Å². The summed E-state index contributed by atoms with van der Waals surface area (Å²) in [6.45, 7) is 2.22. The Balaban J connectivity index is 1.73. The molecule has 2 aromatic rings. The van der Waals surface area contributed by atoms with Crippen molar-refractivity contribution in [2.75, 3.05) is 26.4 Å². The third-order valence-corrected chi connectivity index (χ3v) is 4.44. The first-order valence-electron chi connectivity index (χ1n) is 8.88. The zero-order chi connectivity index (χ0) is 17.5. The number of aliphatic hydroxyl groups is 1. The summed E-state index contributed by atoms with van der Waals surface area (Å²) >= 11 is 0. The zero-order valence-electron chi connectivity index (χ0n) is 14.4. The van der Waals surface area contributed by atoms with Crippen molar-refractivity contribution in [3.05, 3.63) is 47.8 Å². The van der Waals surface area contributed by atoms with E-state index in [0.717, 1.165) is 30.7 Å². The zero-order valence-corrected chi connectivity index (χ0v) is 14.4. The van der Waals surface area contributed by atoms with Crippen molar-refractivity contribution in [2.45, 2.75) is 25.7 Å². The van der Waals surface area contributed by atoms with E-state index in [-0.39, 0.29) is 12.5 Å². The first-order chi connectivity index (χ1) is 12.3. The lowest BCUT2D eigenvalue weighted by Gasteiger charge is -2.22. The Kier molecular flexibility index (Phi) is 6.19. The van der Waals surface area contributed by atoms with Crippen molar-refractivity contribution >= 4 is 5.91 Å². The highest BCUT2D eigenvalue weighted by Gasteiger charge is 2.20. The number of hydrogen-bond acceptors (Lipinski definition) is 4. The molecule has 6 nitrogen and oxygen atoms in total. The van der Waals surface area contributed by atoms with Crippen molar-refractivity contribution in [1.82, 2.24) is 15.1 Å². The van der Waals surface area contributed by atoms with E-state index in [4.69, 9.17) is 9.84 Å². The van der Waals surface area contributed by atoms with E-state index < -0.39 is 0 Å². The van der Waals surface area contributed by atoms with Gasteiger partial charge >= 0.3 is 0 Å². The van der Waals surface area contributed by atoms with Gasteiger partial charge in [-0.15, -0.1) is 0 Å². The van der Waals surface area contributed by atoms with Crippen LogP contribution in [0.5, 0.6) is 0 Å². The number of nitrogens with one attached hydrogen (secondary N) is 1. The Morgan fingerprint density at radius 3 is 2.92 bits per heavy atom. The number of aromatic nitrogens is 2. The van der Waals surface area contributed by atoms with Gasteiger partial charge in [0.15, 0.2) is 5.69 Å². The molecule has 0 spiro atoms. The van der Waals surface area contributed by atoms with E-state index in [1.165, 1.54) is 0 Å². The van der Waals surface area contributed by atoms with Gasteiger partial charge in [-0.3, -0.25) is 4.79 Å². The fourth-order valence-electron chi connectivity index (χ4n) is 3.06. The summed E-state index contributed by atoms with van der Waals surface area (Å²) in [6, 6.07) is 9.72. The molecule has 0 bridgehead atoms. The summed E-state index contributed by atoms with van der Waals surface area (Å²) in [4.78, 5) is 12.6. The van der Waals surface area contributed by atoms with Crippen LogP contribution in [-0.2, 0) is 11.2 Å². The van der Waals surface area contributed by atoms with Gasteiger partial charge in [-0.25, -0.2) is 4.68 Å². The van der Waals surface area contributed by atoms with Crippen molar-refractivity contribution < 1.29 is 14.6 Å². The molecule has 25 heavy (non-hydrogen) atoms. The fraction of sp³-hybridized carbons (Fsp3) is 0.474. The maximum absolute atomic E-state index is 12.6. The second-order valence-electron chi connectivity index (χ2n) is 6.40. The molecule has 1 saturated heterocycles. The Labute approximate surface area is 147 Å². The number of rotatable bonds is 7. The summed E-state index contributed by atoms with van der Waals surface area (Å²) in [5, 5.41) is 16.6. The molecule has 6 heteroatoms. The highest BCUT2D eigenvalue weighted by atomic mass is 16.5. The van der Waals surface area contributed by atoms with Crippen LogP contribution in [0.2, 0.25) is 0 Å². The second-order valence-corrected chi connectivity index (χ2v) is 6.40. The molecule has 2 heterocycles. The van der Waals surface area contributed by atoms with E-state index >= 15 is 0 Å². The molecule has 1 aliphatic heterocycles. The van der Waals surface area contributed by atoms with Crippen molar-refractivity contribution in [2.24, 2.45) is 5.92 Å². The summed E-state index contributed by atoms with van der Waals surface area (Å²) < 4.78 is 7.19. The van der Waals surface area contributed by atoms with Gasteiger partial charge in [-0.1, -0.05) is 18.2 Å². The molecule has 2 N–H and O–H groups in total. The highest BCUT2D eigenvalue weighted by molar-refractivity contribution is 5.93. The molecule has 1 amide bonds. The minimum atomic E-state index is -0.159. The minimum absolute atomic E-state index is 0.0942. The SMILES string of the molecule is O=C(NCC1CCCOC1)c1nn(-c2ccccc2)cc1CCCO. The average Bonchev–Trinajstić information content (AvgIpc) is 3.10. The molecule has 1 aromatic heterocycles. The fourth-order valence-corrected chi connectivity index (χ4v) is 3.06. The number of aliphatic hydroxyl groups excluding tert-OH is 1. The molecule has 1 aromatic carbocycles. The monoisotopic (exact) mass is 343 g/mol. The van der Waals surface area contributed by atoms with Crippen LogP contribution in [0.4, 0.5) is 0 Å². The van der Waals surface area contributed by atoms with Crippen molar-refractivity contribution in [3.8, 4) is 5.69 Å². The number of amides is 1. The smallest absolute Gasteiger partial charge is 0.272 e. The Morgan fingerprint density at radius 1 is 1.36 bits per heavy atom. The van der Waals surface area contributed by atoms with Crippen LogP contribution >= 0.6 is 0 Å². The number of carbonyl (C=O) groups is 1. The maximum atomic E-state index is 12.6. The standard InChI is InChI=1S/C19H25N3O3/c23-10-4-7-16-13-22(17-8-2-1-3-9-17)21-18(16)19(24)20-12-15-6-5-11-25-14-15/h1-3,8-9,13,15,23H,4-7,10-12,14H2,(H,20,24). The normalized spacial score (nSPS) is 17.4. The lowest BCUT2D eigenvalue weighted by Crippen LogP contribution is -2.33. The first kappa shape index (κ1) is 17.6. The first-order valence-corrected chi connectivity index (χ1v) is 8.88. The maximum Gasteiger partial charge on any atom is 0.272 e. The third-order valence-electron chi connectivity index (χ3n) is 4.44. The number of ether oxygens (including phenoxy) is 1. The summed E-state index contributed by atoms with van der Waals surface area (Å²) in [7, 11) is 0. The molecule has 0 aliphatic carbocycles. The second kappa shape index (κ2) is 8.78. The predicted molar refractivity (Wildman–Crippen MR) is 94.8 cm³/mol. The quantitative estimate of drug-likeness (QED) is 0.806. The Morgan fingerprint density at radius 2 is 2.20 bits per heavy atom. The number of nitrogens with zero attached hydrogens (tertiary/aromatic N) is 2. The van der Waals surface area contributed by atoms with Crippen molar-refractivity contribution in [3.63, 3.8) is 0 Å². The molecular weight excluding hydrogens is 318 g/mol. The van der Waals surface area contributed by atoms with E-state index in [1.807, 2.05) is 36.5 Å². The van der Waals surface area contributed by atoms with E-state index in [0.29, 0.717) is 37.6 Å². The van der Waals surface area contributed by atoms with Gasteiger partial charge in [0.25, 0.3) is 5.91 Å². The van der Waals surface area contributed by atoms with Crippen LogP contribution in [0, 0.1) is 5.92 Å². The summed E-state index contributed by atoms with van der Waals surface area (Å²) in [5.41, 5.74) is 2.21. The lowest BCUT2D eigenvalue weighted by atomic mass is 10.0. The average molecular weight is 343 g/mol. The number of carbonyl (C=O) groups excluding carboxylic acids is 1. The predicted octanol–water partition coefficient (Wildman–Crippen LogP) is 1.95. The molecule has 134 valence electrons. The molecule has 1 fully saturated rings. The summed E-state index contributed by atoms with van der Waals surface area (Å²) in [6.07, 6.45) is 5.24. The van der Waals surface area contributed by atoms with E-state index in [2.05, 4.69) is 10.4 Å². The Hall–Kier alpha value is -2.18. The van der Waals surface area contributed by atoms with Crippen LogP contribution in [-0.4, -0.2) is 47.2 Å². The van der Waals surface area contributed by atoms with Gasteiger partial charge < -0.3 is 15.2 Å². The van der Waals surface area contributed by atoms with Crippen LogP contribution in [0.15, 0.2) is 36.5 Å². The van der Waals surface area contributed by atoms with Crippen LogP contribution in [0.1, 0.15) is 35.3 Å². The van der Waals surface area contributed by atoms with Gasteiger partial charge in [0.1, 0.15) is 0 Å². The molecule has 1 aliphatic rings. The number of aryl methyl sites for hydroxylation is 1. The van der Waals surface area contributed by atoms with E-state index in [9.17, 15) is 4.79 Å². The largest absolute Gasteiger partial charge is 0.396 e. The van der Waals surface area contributed by atoms with Gasteiger partial charge in [0.05, 0.1) is 12.3 Å².